The number of methoxy groups -OCH3 is 3. The molecule has 0 radical (unpaired) electrons. The van der Waals surface area contributed by atoms with Crippen LogP contribution in [0.3, 0.4) is 0 Å². The van der Waals surface area contributed by atoms with Crippen molar-refractivity contribution in [2.24, 2.45) is 0 Å². The molecule has 0 spiro atoms. The van der Waals surface area contributed by atoms with E-state index >= 15 is 0 Å². The average molecular weight is 398 g/mol. The van der Waals surface area contributed by atoms with E-state index in [1.807, 2.05) is 13.0 Å². The number of carbonyl (C=O) groups is 1. The molecule has 5 nitrogen and oxygen atoms in total. The fraction of sp³-hybridized carbons (Fsp3) is 0.316. The van der Waals surface area contributed by atoms with Gasteiger partial charge in [-0.1, -0.05) is 29.3 Å². The third kappa shape index (κ3) is 4.00. The molecule has 2 aromatic carbocycles. The molecule has 0 bridgehead atoms. The molecular weight excluding hydrogens is 377 g/mol. The number of hydrogen-bond acceptors (Lipinski definition) is 4. The van der Waals surface area contributed by atoms with Crippen LogP contribution in [0.2, 0.25) is 10.0 Å². The molecule has 140 valence electrons. The highest BCUT2D eigenvalue weighted by Gasteiger charge is 2.24. The Labute approximate surface area is 163 Å². The Balaban J connectivity index is 2.38. The molecule has 0 saturated carbocycles. The summed E-state index contributed by atoms with van der Waals surface area (Å²) in [6, 6.07) is 8.21. The predicted molar refractivity (Wildman–Crippen MR) is 103 cm³/mol. The van der Waals surface area contributed by atoms with Gasteiger partial charge in [0, 0.05) is 22.7 Å². The largest absolute Gasteiger partial charge is 0.493 e. The fourth-order valence-corrected chi connectivity index (χ4v) is 3.20. The lowest BCUT2D eigenvalue weighted by atomic mass is 10.1. The smallest absolute Gasteiger partial charge is 0.254 e. The molecule has 0 aromatic heterocycles. The third-order valence-electron chi connectivity index (χ3n) is 4.23. The highest BCUT2D eigenvalue weighted by atomic mass is 35.5. The van der Waals surface area contributed by atoms with Crippen molar-refractivity contribution in [2.45, 2.75) is 13.0 Å². The van der Waals surface area contributed by atoms with E-state index in [1.54, 1.807) is 36.2 Å². The molecule has 26 heavy (non-hydrogen) atoms. The molecule has 1 atom stereocenters. The predicted octanol–water partition coefficient (Wildman–Crippen LogP) is 4.85. The molecule has 0 fully saturated rings. The number of halogens is 2. The van der Waals surface area contributed by atoms with Gasteiger partial charge in [-0.25, -0.2) is 0 Å². The maximum Gasteiger partial charge on any atom is 0.254 e. The SMILES string of the molecule is COc1cc(C(=O)N(C)[C@@H](C)c2ccc(Cl)cc2Cl)cc(OC)c1OC. The van der Waals surface area contributed by atoms with Crippen LogP contribution in [0.4, 0.5) is 0 Å². The van der Waals surface area contributed by atoms with Gasteiger partial charge in [0.2, 0.25) is 5.75 Å². The first-order valence-electron chi connectivity index (χ1n) is 7.86. The molecule has 2 rings (SSSR count). The second-order valence-electron chi connectivity index (χ2n) is 5.67. The maximum absolute atomic E-state index is 13.0. The minimum absolute atomic E-state index is 0.206. The van der Waals surface area contributed by atoms with Crippen molar-refractivity contribution < 1.29 is 19.0 Å². The van der Waals surface area contributed by atoms with Gasteiger partial charge in [-0.05, 0) is 36.8 Å². The van der Waals surface area contributed by atoms with Crippen LogP contribution in [-0.2, 0) is 0 Å². The van der Waals surface area contributed by atoms with Gasteiger partial charge in [0.15, 0.2) is 11.5 Å². The highest BCUT2D eigenvalue weighted by Crippen LogP contribution is 2.39. The van der Waals surface area contributed by atoms with Crippen LogP contribution in [-0.4, -0.2) is 39.2 Å². The van der Waals surface area contributed by atoms with Crippen molar-refractivity contribution in [1.29, 1.82) is 0 Å². The van der Waals surface area contributed by atoms with E-state index in [0.29, 0.717) is 32.9 Å². The summed E-state index contributed by atoms with van der Waals surface area (Å²) in [4.78, 5) is 14.6. The minimum Gasteiger partial charge on any atom is -0.493 e. The second-order valence-corrected chi connectivity index (χ2v) is 6.52. The standard InChI is InChI=1S/C19H21Cl2NO4/c1-11(14-7-6-13(20)10-15(14)21)22(2)19(23)12-8-16(24-3)18(26-5)17(9-12)25-4/h6-11H,1-5H3/t11-/m0/s1. The monoisotopic (exact) mass is 397 g/mol. The van der Waals surface area contributed by atoms with Crippen molar-refractivity contribution in [3.8, 4) is 17.2 Å². The zero-order valence-electron chi connectivity index (χ0n) is 15.3. The number of nitrogens with zero attached hydrogens (tertiary/aromatic N) is 1. The van der Waals surface area contributed by atoms with Crippen molar-refractivity contribution in [3.63, 3.8) is 0 Å². The Morgan fingerprint density at radius 2 is 1.58 bits per heavy atom. The summed E-state index contributed by atoms with van der Waals surface area (Å²) < 4.78 is 15.9. The van der Waals surface area contributed by atoms with Crippen molar-refractivity contribution in [3.05, 3.63) is 51.5 Å². The zero-order chi connectivity index (χ0) is 19.4. The maximum atomic E-state index is 13.0. The van der Waals surface area contributed by atoms with Crippen molar-refractivity contribution >= 4 is 29.1 Å². The van der Waals surface area contributed by atoms with Crippen LogP contribution in [0, 0.1) is 0 Å². The Kier molecular flexibility index (Phi) is 6.62. The number of carbonyl (C=O) groups excluding carboxylic acids is 1. The molecular formula is C19H21Cl2NO4. The molecule has 7 heteroatoms. The first-order chi connectivity index (χ1) is 12.3. The summed E-state index contributed by atoms with van der Waals surface area (Å²) >= 11 is 12.2. The molecule has 0 aliphatic rings. The number of ether oxygens (including phenoxy) is 3. The lowest BCUT2D eigenvalue weighted by Gasteiger charge is -2.26. The van der Waals surface area contributed by atoms with E-state index in [9.17, 15) is 4.79 Å². The first-order valence-corrected chi connectivity index (χ1v) is 8.61. The second kappa shape index (κ2) is 8.52. The van der Waals surface area contributed by atoms with Gasteiger partial charge in [0.25, 0.3) is 5.91 Å². The van der Waals surface area contributed by atoms with E-state index < -0.39 is 0 Å². The lowest BCUT2D eigenvalue weighted by Crippen LogP contribution is -2.30. The van der Waals surface area contributed by atoms with E-state index in [0.717, 1.165) is 5.56 Å². The summed E-state index contributed by atoms with van der Waals surface area (Å²) in [5.41, 5.74) is 1.22. The summed E-state index contributed by atoms with van der Waals surface area (Å²) in [5, 5.41) is 1.05. The topological polar surface area (TPSA) is 48.0 Å². The quantitative estimate of drug-likeness (QED) is 0.698. The Bertz CT molecular complexity index is 785. The molecule has 0 unspecified atom stereocenters. The number of hydrogen-bond donors (Lipinski definition) is 0. The Hall–Kier alpha value is -2.11. The first kappa shape index (κ1) is 20.2. The van der Waals surface area contributed by atoms with Crippen molar-refractivity contribution in [2.75, 3.05) is 28.4 Å². The zero-order valence-corrected chi connectivity index (χ0v) is 16.8. The molecule has 0 N–H and O–H groups in total. The van der Waals surface area contributed by atoms with Crippen LogP contribution >= 0.6 is 23.2 Å². The molecule has 0 saturated heterocycles. The van der Waals surface area contributed by atoms with Crippen LogP contribution in [0.5, 0.6) is 17.2 Å². The fourth-order valence-electron chi connectivity index (χ4n) is 2.63. The van der Waals surface area contributed by atoms with Gasteiger partial charge >= 0.3 is 0 Å². The van der Waals surface area contributed by atoms with E-state index in [4.69, 9.17) is 37.4 Å². The average Bonchev–Trinajstić information content (AvgIpc) is 2.64. The summed E-state index contributed by atoms with van der Waals surface area (Å²) in [7, 11) is 6.23. The van der Waals surface area contributed by atoms with E-state index in [-0.39, 0.29) is 11.9 Å². The van der Waals surface area contributed by atoms with Gasteiger partial charge in [0.05, 0.1) is 27.4 Å². The van der Waals surface area contributed by atoms with Crippen molar-refractivity contribution in [1.82, 2.24) is 4.90 Å². The minimum atomic E-state index is -0.258. The summed E-state index contributed by atoms with van der Waals surface area (Å²) in [6.45, 7) is 1.89. The molecule has 0 heterocycles. The van der Waals surface area contributed by atoms with Gasteiger partial charge in [-0.3, -0.25) is 4.79 Å². The summed E-state index contributed by atoms with van der Waals surface area (Å²) in [5.74, 6) is 1.06. The van der Waals surface area contributed by atoms with Gasteiger partial charge in [-0.2, -0.15) is 0 Å². The van der Waals surface area contributed by atoms with E-state index in [1.165, 1.54) is 21.3 Å². The Morgan fingerprint density at radius 3 is 2.04 bits per heavy atom. The molecule has 0 aliphatic heterocycles. The third-order valence-corrected chi connectivity index (χ3v) is 4.79. The Morgan fingerprint density at radius 1 is 1.00 bits per heavy atom. The molecule has 0 aliphatic carbocycles. The lowest BCUT2D eigenvalue weighted by molar-refractivity contribution is 0.0742. The number of rotatable bonds is 6. The van der Waals surface area contributed by atoms with Crippen LogP contribution < -0.4 is 14.2 Å². The van der Waals surface area contributed by atoms with Gasteiger partial charge in [-0.15, -0.1) is 0 Å². The van der Waals surface area contributed by atoms with Crippen LogP contribution in [0.25, 0.3) is 0 Å². The van der Waals surface area contributed by atoms with E-state index in [2.05, 4.69) is 0 Å². The number of amides is 1. The van der Waals surface area contributed by atoms with Gasteiger partial charge < -0.3 is 19.1 Å². The summed E-state index contributed by atoms with van der Waals surface area (Å²) in [6.07, 6.45) is 0. The molecule has 1 amide bonds. The molecule has 2 aromatic rings. The van der Waals surface area contributed by atoms with Crippen LogP contribution in [0.1, 0.15) is 28.9 Å². The number of benzene rings is 2. The highest BCUT2D eigenvalue weighted by molar-refractivity contribution is 6.35. The normalized spacial score (nSPS) is 11.7. The van der Waals surface area contributed by atoms with Crippen LogP contribution in [0.15, 0.2) is 30.3 Å². The van der Waals surface area contributed by atoms with Gasteiger partial charge in [0.1, 0.15) is 0 Å².